The van der Waals surface area contributed by atoms with Crippen LogP contribution in [0.2, 0.25) is 0 Å². The normalized spacial score (nSPS) is 33.3. The van der Waals surface area contributed by atoms with Crippen molar-refractivity contribution in [1.29, 1.82) is 0 Å². The molecule has 1 N–H and O–H groups in total. The van der Waals surface area contributed by atoms with Gasteiger partial charge in [0.1, 0.15) is 0 Å². The molecule has 0 aromatic carbocycles. The molecule has 1 saturated heterocycles. The van der Waals surface area contributed by atoms with E-state index < -0.39 is 0 Å². The van der Waals surface area contributed by atoms with Gasteiger partial charge in [0.25, 0.3) is 0 Å². The highest BCUT2D eigenvalue weighted by Gasteiger charge is 2.28. The SMILES string of the molecule is COC(=O)C1CC(C)NC(C)C1.Cl. The lowest BCUT2D eigenvalue weighted by Gasteiger charge is -2.31. The van der Waals surface area contributed by atoms with Crippen molar-refractivity contribution in [1.82, 2.24) is 5.32 Å². The number of carbonyl (C=O) groups is 1. The van der Waals surface area contributed by atoms with Crippen LogP contribution in [0.5, 0.6) is 0 Å². The van der Waals surface area contributed by atoms with Gasteiger partial charge in [0.15, 0.2) is 0 Å². The molecule has 0 bridgehead atoms. The van der Waals surface area contributed by atoms with Gasteiger partial charge in [-0.3, -0.25) is 4.79 Å². The summed E-state index contributed by atoms with van der Waals surface area (Å²) < 4.78 is 4.72. The van der Waals surface area contributed by atoms with Gasteiger partial charge in [0, 0.05) is 12.1 Å². The van der Waals surface area contributed by atoms with Crippen LogP contribution in [0, 0.1) is 5.92 Å². The van der Waals surface area contributed by atoms with Crippen LogP contribution in [0.1, 0.15) is 26.7 Å². The van der Waals surface area contributed by atoms with Gasteiger partial charge in [-0.2, -0.15) is 0 Å². The van der Waals surface area contributed by atoms with Crippen molar-refractivity contribution in [3.05, 3.63) is 0 Å². The molecule has 0 aromatic heterocycles. The average molecular weight is 208 g/mol. The zero-order valence-corrected chi connectivity index (χ0v) is 9.19. The fourth-order valence-electron chi connectivity index (χ4n) is 1.93. The Morgan fingerprint density at radius 2 is 1.77 bits per heavy atom. The van der Waals surface area contributed by atoms with E-state index in [-0.39, 0.29) is 24.3 Å². The van der Waals surface area contributed by atoms with Crippen molar-refractivity contribution in [2.45, 2.75) is 38.8 Å². The number of halogens is 1. The Morgan fingerprint density at radius 1 is 1.31 bits per heavy atom. The van der Waals surface area contributed by atoms with E-state index >= 15 is 0 Å². The third kappa shape index (κ3) is 3.53. The molecule has 1 aliphatic rings. The van der Waals surface area contributed by atoms with Crippen LogP contribution in [0.15, 0.2) is 0 Å². The van der Waals surface area contributed by atoms with Crippen LogP contribution in [0.25, 0.3) is 0 Å². The second-order valence-corrected chi connectivity index (χ2v) is 3.66. The lowest BCUT2D eigenvalue weighted by Crippen LogP contribution is -2.44. The molecule has 0 radical (unpaired) electrons. The Kier molecular flexibility index (Phi) is 5.33. The maximum absolute atomic E-state index is 11.2. The molecule has 0 aromatic rings. The van der Waals surface area contributed by atoms with Crippen molar-refractivity contribution < 1.29 is 9.53 Å². The summed E-state index contributed by atoms with van der Waals surface area (Å²) in [5.41, 5.74) is 0. The number of carbonyl (C=O) groups excluding carboxylic acids is 1. The number of piperidine rings is 1. The van der Waals surface area contributed by atoms with Gasteiger partial charge in [-0.05, 0) is 26.7 Å². The molecule has 0 saturated carbocycles. The predicted molar refractivity (Wildman–Crippen MR) is 54.0 cm³/mol. The van der Waals surface area contributed by atoms with Gasteiger partial charge < -0.3 is 10.1 Å². The van der Waals surface area contributed by atoms with Crippen LogP contribution in [0.4, 0.5) is 0 Å². The van der Waals surface area contributed by atoms with Gasteiger partial charge in [-0.1, -0.05) is 0 Å². The summed E-state index contributed by atoms with van der Waals surface area (Å²) in [6.07, 6.45) is 1.80. The smallest absolute Gasteiger partial charge is 0.308 e. The molecule has 2 unspecified atom stereocenters. The van der Waals surface area contributed by atoms with E-state index in [9.17, 15) is 4.79 Å². The maximum atomic E-state index is 11.2. The topological polar surface area (TPSA) is 38.3 Å². The molecular formula is C9H18ClNO2. The number of esters is 1. The number of methoxy groups -OCH3 is 1. The summed E-state index contributed by atoms with van der Waals surface area (Å²) in [6, 6.07) is 0.857. The Hall–Kier alpha value is -0.280. The first-order valence-electron chi connectivity index (χ1n) is 4.47. The fraction of sp³-hybridized carbons (Fsp3) is 0.889. The zero-order valence-electron chi connectivity index (χ0n) is 8.37. The Labute approximate surface area is 85.6 Å². The van der Waals surface area contributed by atoms with E-state index in [0.29, 0.717) is 12.1 Å². The minimum atomic E-state index is -0.0600. The predicted octanol–water partition coefficient (Wildman–Crippen LogP) is 1.36. The second-order valence-electron chi connectivity index (χ2n) is 3.66. The molecule has 0 spiro atoms. The van der Waals surface area contributed by atoms with E-state index in [4.69, 9.17) is 4.74 Å². The van der Waals surface area contributed by atoms with Crippen LogP contribution >= 0.6 is 12.4 Å². The standard InChI is InChI=1S/C9H17NO2.ClH/c1-6-4-8(9(11)12-3)5-7(2)10-6;/h6-8,10H,4-5H2,1-3H3;1H. The first kappa shape index (κ1) is 12.7. The molecule has 1 fully saturated rings. The minimum Gasteiger partial charge on any atom is -0.469 e. The number of rotatable bonds is 1. The van der Waals surface area contributed by atoms with Crippen molar-refractivity contribution in [3.8, 4) is 0 Å². The minimum absolute atomic E-state index is 0. The molecule has 13 heavy (non-hydrogen) atoms. The summed E-state index contributed by atoms with van der Waals surface area (Å²) in [4.78, 5) is 11.2. The van der Waals surface area contributed by atoms with Gasteiger partial charge in [-0.15, -0.1) is 12.4 Å². The lowest BCUT2D eigenvalue weighted by molar-refractivity contribution is -0.147. The van der Waals surface area contributed by atoms with Crippen molar-refractivity contribution in [3.63, 3.8) is 0 Å². The van der Waals surface area contributed by atoms with Crippen LogP contribution in [-0.4, -0.2) is 25.2 Å². The van der Waals surface area contributed by atoms with Crippen molar-refractivity contribution in [2.75, 3.05) is 7.11 Å². The lowest BCUT2D eigenvalue weighted by atomic mass is 9.89. The second kappa shape index (κ2) is 5.45. The van der Waals surface area contributed by atoms with Gasteiger partial charge >= 0.3 is 5.97 Å². The first-order valence-corrected chi connectivity index (χ1v) is 4.47. The van der Waals surface area contributed by atoms with Crippen molar-refractivity contribution >= 4 is 18.4 Å². The Bertz CT molecular complexity index is 165. The van der Waals surface area contributed by atoms with Crippen LogP contribution in [0.3, 0.4) is 0 Å². The Morgan fingerprint density at radius 3 is 2.15 bits per heavy atom. The highest BCUT2D eigenvalue weighted by Crippen LogP contribution is 2.20. The highest BCUT2D eigenvalue weighted by atomic mass is 35.5. The summed E-state index contributed by atoms with van der Waals surface area (Å²) in [7, 11) is 1.46. The number of nitrogens with one attached hydrogen (secondary N) is 1. The molecular weight excluding hydrogens is 190 g/mol. The monoisotopic (exact) mass is 207 g/mol. The first-order chi connectivity index (χ1) is 5.63. The summed E-state index contributed by atoms with van der Waals surface area (Å²) in [5, 5.41) is 3.38. The van der Waals surface area contributed by atoms with E-state index in [1.807, 2.05) is 0 Å². The maximum Gasteiger partial charge on any atom is 0.308 e. The summed E-state index contributed by atoms with van der Waals surface area (Å²) >= 11 is 0. The quantitative estimate of drug-likeness (QED) is 0.660. The molecule has 3 nitrogen and oxygen atoms in total. The number of hydrogen-bond donors (Lipinski definition) is 1. The molecule has 0 aliphatic carbocycles. The fourth-order valence-corrected chi connectivity index (χ4v) is 1.93. The summed E-state index contributed by atoms with van der Waals surface area (Å²) in [6.45, 7) is 4.21. The number of hydrogen-bond acceptors (Lipinski definition) is 3. The average Bonchev–Trinajstić information content (AvgIpc) is 2.01. The van der Waals surface area contributed by atoms with E-state index in [0.717, 1.165) is 12.8 Å². The van der Waals surface area contributed by atoms with Gasteiger partial charge in [-0.25, -0.2) is 0 Å². The zero-order chi connectivity index (χ0) is 9.14. The third-order valence-corrected chi connectivity index (χ3v) is 2.38. The highest BCUT2D eigenvalue weighted by molar-refractivity contribution is 5.85. The summed E-state index contributed by atoms with van der Waals surface area (Å²) in [5.74, 6) is 0.0384. The largest absolute Gasteiger partial charge is 0.469 e. The van der Waals surface area contributed by atoms with Gasteiger partial charge in [0.05, 0.1) is 13.0 Å². The Balaban J connectivity index is 0.00000144. The van der Waals surface area contributed by atoms with Gasteiger partial charge in [0.2, 0.25) is 0 Å². The molecule has 2 atom stereocenters. The number of ether oxygens (including phenoxy) is 1. The van der Waals surface area contributed by atoms with Crippen molar-refractivity contribution in [2.24, 2.45) is 5.92 Å². The molecule has 1 rings (SSSR count). The molecule has 78 valence electrons. The molecule has 1 aliphatic heterocycles. The molecule has 0 amide bonds. The van der Waals surface area contributed by atoms with E-state index in [1.54, 1.807) is 0 Å². The third-order valence-electron chi connectivity index (χ3n) is 2.38. The van der Waals surface area contributed by atoms with E-state index in [2.05, 4.69) is 19.2 Å². The van der Waals surface area contributed by atoms with E-state index in [1.165, 1.54) is 7.11 Å². The van der Waals surface area contributed by atoms with Crippen LogP contribution < -0.4 is 5.32 Å². The molecule has 1 heterocycles. The molecule has 4 heteroatoms. The van der Waals surface area contributed by atoms with Crippen LogP contribution in [-0.2, 0) is 9.53 Å².